The van der Waals surface area contributed by atoms with Gasteiger partial charge in [-0.2, -0.15) is 0 Å². The summed E-state index contributed by atoms with van der Waals surface area (Å²) in [5.41, 5.74) is 5.75. The third-order valence-corrected chi connectivity index (χ3v) is 10.7. The van der Waals surface area contributed by atoms with Crippen LogP contribution in [-0.4, -0.2) is 45.7 Å². The van der Waals surface area contributed by atoms with Crippen LogP contribution in [0.1, 0.15) is 66.7 Å². The van der Waals surface area contributed by atoms with Crippen molar-refractivity contribution in [3.05, 3.63) is 0 Å². The first-order valence-corrected chi connectivity index (χ1v) is 12.7. The summed E-state index contributed by atoms with van der Waals surface area (Å²) in [5, 5.41) is 21.1. The number of alkyl halides is 1. The van der Waals surface area contributed by atoms with Gasteiger partial charge in [0, 0.05) is 10.7 Å². The molecule has 3 aliphatic carbocycles. The first kappa shape index (κ1) is 25.0. The van der Waals surface area contributed by atoms with Crippen LogP contribution in [0, 0.1) is 46.3 Å². The van der Waals surface area contributed by atoms with Crippen molar-refractivity contribution in [3.8, 4) is 0 Å². The van der Waals surface area contributed by atoms with Gasteiger partial charge in [-0.3, -0.25) is 9.59 Å². The lowest BCUT2D eigenvalue weighted by Gasteiger charge is -2.60. The summed E-state index contributed by atoms with van der Waals surface area (Å²) < 4.78 is 5.19. The zero-order valence-corrected chi connectivity index (χ0v) is 21.0. The van der Waals surface area contributed by atoms with Crippen LogP contribution in [0.3, 0.4) is 0 Å². The first-order chi connectivity index (χ1) is 14.4. The Morgan fingerprint density at radius 3 is 2.32 bits per heavy atom. The van der Waals surface area contributed by atoms with Crippen LogP contribution in [0.15, 0.2) is 0 Å². The second-order valence-electron chi connectivity index (χ2n) is 11.5. The van der Waals surface area contributed by atoms with E-state index < -0.39 is 30.1 Å². The zero-order valence-electron chi connectivity index (χ0n) is 19.5. The van der Waals surface area contributed by atoms with E-state index in [4.69, 9.17) is 10.5 Å². The predicted molar refractivity (Wildman–Crippen MR) is 123 cm³/mol. The topological polar surface area (TPSA) is 110 Å². The number of hydrogen-bond donors (Lipinski definition) is 3. The van der Waals surface area contributed by atoms with Gasteiger partial charge in [0.2, 0.25) is 0 Å². The minimum absolute atomic E-state index is 0.226. The minimum atomic E-state index is -1.35. The van der Waals surface area contributed by atoms with Crippen molar-refractivity contribution in [2.75, 3.05) is 0 Å². The number of carbonyl (C=O) groups excluding carboxylic acids is 1. The smallest absolute Gasteiger partial charge is 0.324 e. The Morgan fingerprint density at radius 1 is 1.13 bits per heavy atom. The molecule has 3 fully saturated rings. The molecule has 0 aliphatic heterocycles. The van der Waals surface area contributed by atoms with Crippen LogP contribution in [-0.2, 0) is 14.3 Å². The monoisotopic (exact) mass is 501 g/mol. The molecular weight excluding hydrogens is 462 g/mol. The fourth-order valence-corrected chi connectivity index (χ4v) is 9.38. The maximum Gasteiger partial charge on any atom is 0.324 e. The highest BCUT2D eigenvalue weighted by atomic mass is 79.9. The fraction of sp³-hybridized carbons (Fsp3) is 0.917. The third kappa shape index (κ3) is 4.19. The summed E-state index contributed by atoms with van der Waals surface area (Å²) in [6.45, 7) is 11.8. The van der Waals surface area contributed by atoms with Gasteiger partial charge < -0.3 is 20.7 Å². The first-order valence-electron chi connectivity index (χ1n) is 11.8. The second-order valence-corrected chi connectivity index (χ2v) is 12.7. The second kappa shape index (κ2) is 8.94. The molecule has 7 heteroatoms. The van der Waals surface area contributed by atoms with E-state index in [2.05, 4.69) is 50.5 Å². The maximum atomic E-state index is 11.7. The lowest BCUT2D eigenvalue weighted by Crippen LogP contribution is -2.61. The lowest BCUT2D eigenvalue weighted by atomic mass is 9.46. The van der Waals surface area contributed by atoms with Crippen LogP contribution < -0.4 is 5.73 Å². The zero-order chi connectivity index (χ0) is 23.3. The Bertz CT molecular complexity index is 687. The summed E-state index contributed by atoms with van der Waals surface area (Å²) in [7, 11) is 0. The number of halogens is 1. The molecular formula is C24H40BrNO5. The number of aliphatic hydroxyl groups is 1. The molecule has 3 saturated carbocycles. The molecule has 0 radical (unpaired) electrons. The third-order valence-electron chi connectivity index (χ3n) is 9.67. The Hall–Kier alpha value is -0.660. The summed E-state index contributed by atoms with van der Waals surface area (Å²) in [5.74, 6) is 0.583. The average Bonchev–Trinajstić information content (AvgIpc) is 2.66. The van der Waals surface area contributed by atoms with E-state index in [0.29, 0.717) is 34.9 Å². The van der Waals surface area contributed by atoms with Crippen molar-refractivity contribution in [2.24, 2.45) is 52.1 Å². The van der Waals surface area contributed by atoms with E-state index in [1.165, 1.54) is 6.42 Å². The molecule has 178 valence electrons. The van der Waals surface area contributed by atoms with Crippen molar-refractivity contribution in [1.29, 1.82) is 0 Å². The van der Waals surface area contributed by atoms with Gasteiger partial charge in [-0.15, -0.1) is 0 Å². The number of rotatable bonds is 5. The van der Waals surface area contributed by atoms with Gasteiger partial charge in [0.1, 0.15) is 12.1 Å². The molecule has 5 unspecified atom stereocenters. The standard InChI is InChI=1S/C24H40BrNO5/c1-12-8-14(20(31-11-27)19(26)22(29)30)21(28)24(5)7-6-15-13(2)9-18(25)17(10-16(12)24)23(15,3)4/h11-21,28H,6-10,26H2,1-5H3,(H,29,30)/t12-,13-,14?,15+,16-,17-,18?,19?,20?,21?,24+/m1/s1. The van der Waals surface area contributed by atoms with Crippen LogP contribution in [0.2, 0.25) is 0 Å². The number of nitrogens with two attached hydrogens (primary N) is 1. The molecule has 0 saturated heterocycles. The van der Waals surface area contributed by atoms with E-state index in [0.717, 1.165) is 19.3 Å². The largest absolute Gasteiger partial charge is 0.480 e. The van der Waals surface area contributed by atoms with Crippen LogP contribution >= 0.6 is 15.9 Å². The Morgan fingerprint density at radius 2 is 1.74 bits per heavy atom. The van der Waals surface area contributed by atoms with E-state index in [1.54, 1.807) is 0 Å². The molecule has 0 aromatic carbocycles. The van der Waals surface area contributed by atoms with Gasteiger partial charge in [-0.1, -0.05) is 50.5 Å². The van der Waals surface area contributed by atoms with Crippen LogP contribution in [0.25, 0.3) is 0 Å². The molecule has 11 atom stereocenters. The number of carboxylic acid groups (broad SMARTS) is 1. The van der Waals surface area contributed by atoms with Crippen LogP contribution in [0.5, 0.6) is 0 Å². The fourth-order valence-electron chi connectivity index (χ4n) is 7.89. The van der Waals surface area contributed by atoms with E-state index in [1.807, 2.05) is 0 Å². The molecule has 0 aromatic rings. The predicted octanol–water partition coefficient (Wildman–Crippen LogP) is 3.83. The lowest BCUT2D eigenvalue weighted by molar-refractivity contribution is -0.178. The van der Waals surface area contributed by atoms with Gasteiger partial charge in [0.15, 0.2) is 0 Å². The van der Waals surface area contributed by atoms with E-state index in [9.17, 15) is 19.8 Å². The van der Waals surface area contributed by atoms with E-state index >= 15 is 0 Å². The number of ether oxygens (including phenoxy) is 1. The summed E-state index contributed by atoms with van der Waals surface area (Å²) in [6.07, 6.45) is 2.94. The molecule has 3 rings (SSSR count). The van der Waals surface area contributed by atoms with Gasteiger partial charge in [0.05, 0.1) is 6.10 Å². The van der Waals surface area contributed by atoms with Gasteiger partial charge in [-0.05, 0) is 72.5 Å². The molecule has 0 amide bonds. The quantitative estimate of drug-likeness (QED) is 0.390. The molecule has 3 aliphatic rings. The van der Waals surface area contributed by atoms with E-state index in [-0.39, 0.29) is 23.2 Å². The maximum absolute atomic E-state index is 11.7. The van der Waals surface area contributed by atoms with Crippen molar-refractivity contribution in [3.63, 3.8) is 0 Å². The highest BCUT2D eigenvalue weighted by molar-refractivity contribution is 9.09. The SMILES string of the molecule is C[C@@H]1CC(C(OC=O)C(N)C(=O)O)C(O)[C@@]2(C)CC[C@H]3[C@H](C)CC(Br)[C@@H](C[C@H]12)C3(C)C. The number of aliphatic hydroxyl groups excluding tert-OH is 1. The molecule has 6 nitrogen and oxygen atoms in total. The number of fused-ring (bicyclic) bond motifs is 3. The molecule has 0 spiro atoms. The molecule has 31 heavy (non-hydrogen) atoms. The molecule has 0 heterocycles. The molecule has 2 bridgehead atoms. The molecule has 0 aromatic heterocycles. The number of hydrogen-bond acceptors (Lipinski definition) is 5. The van der Waals surface area contributed by atoms with Crippen molar-refractivity contribution in [2.45, 2.75) is 89.8 Å². The van der Waals surface area contributed by atoms with Gasteiger partial charge in [-0.25, -0.2) is 0 Å². The van der Waals surface area contributed by atoms with Crippen molar-refractivity contribution in [1.82, 2.24) is 0 Å². The highest BCUT2D eigenvalue weighted by Gasteiger charge is 2.59. The van der Waals surface area contributed by atoms with Gasteiger partial charge in [0.25, 0.3) is 6.47 Å². The number of carbonyl (C=O) groups is 2. The Balaban J connectivity index is 1.97. The Labute approximate surface area is 194 Å². The Kier molecular flexibility index (Phi) is 7.20. The summed E-state index contributed by atoms with van der Waals surface area (Å²) >= 11 is 4.01. The molecule has 4 N–H and O–H groups in total. The van der Waals surface area contributed by atoms with Gasteiger partial charge >= 0.3 is 5.97 Å². The minimum Gasteiger partial charge on any atom is -0.480 e. The number of carboxylic acids is 1. The summed E-state index contributed by atoms with van der Waals surface area (Å²) in [6, 6.07) is -1.35. The summed E-state index contributed by atoms with van der Waals surface area (Å²) in [4.78, 5) is 23.2. The number of aliphatic carboxylic acids is 1. The highest BCUT2D eigenvalue weighted by Crippen LogP contribution is 2.62. The van der Waals surface area contributed by atoms with Crippen molar-refractivity contribution < 1.29 is 24.5 Å². The van der Waals surface area contributed by atoms with Crippen molar-refractivity contribution >= 4 is 28.4 Å². The normalized spacial score (nSPS) is 46.6. The average molecular weight is 502 g/mol. The van der Waals surface area contributed by atoms with Crippen LogP contribution in [0.4, 0.5) is 0 Å².